The van der Waals surface area contributed by atoms with E-state index in [1.54, 1.807) is 0 Å². The normalized spacial score (nSPS) is 9.90. The molecule has 0 spiro atoms. The fourth-order valence-electron chi connectivity index (χ4n) is 1.61. The second-order valence-corrected chi connectivity index (χ2v) is 4.09. The first-order valence-electron chi connectivity index (χ1n) is 5.97. The lowest BCUT2D eigenvalue weighted by Gasteiger charge is -2.12. The number of carbonyl (C=O) groups is 2. The van der Waals surface area contributed by atoms with Gasteiger partial charge in [0.15, 0.2) is 17.3 Å². The molecule has 0 aliphatic heterocycles. The van der Waals surface area contributed by atoms with E-state index in [2.05, 4.69) is 5.18 Å². The van der Waals surface area contributed by atoms with Gasteiger partial charge < -0.3 is 15.2 Å². The van der Waals surface area contributed by atoms with Crippen molar-refractivity contribution in [3.05, 3.63) is 22.6 Å². The van der Waals surface area contributed by atoms with Gasteiger partial charge in [-0.15, -0.1) is 4.91 Å². The van der Waals surface area contributed by atoms with Crippen LogP contribution >= 0.6 is 0 Å². The van der Waals surface area contributed by atoms with Gasteiger partial charge in [0, 0.05) is 12.5 Å². The van der Waals surface area contributed by atoms with Crippen molar-refractivity contribution in [1.29, 1.82) is 0 Å². The third kappa shape index (κ3) is 4.04. The minimum absolute atomic E-state index is 0.0109. The Morgan fingerprint density at radius 1 is 1.30 bits per heavy atom. The first kappa shape index (κ1) is 15.6. The monoisotopic (exact) mass is 280 g/mol. The van der Waals surface area contributed by atoms with Crippen molar-refractivity contribution in [2.24, 2.45) is 10.9 Å². The highest BCUT2D eigenvalue weighted by molar-refractivity contribution is 5.99. The van der Waals surface area contributed by atoms with Crippen molar-refractivity contribution in [3.63, 3.8) is 0 Å². The standard InChI is InChI=1S/C13H16N2O5/c1-8(16)9-6-11(19-2)12(7-10(9)15-18)20-5-3-4-13(14)17/h6-7H,3-5H2,1-2H3,(H2,14,17). The summed E-state index contributed by atoms with van der Waals surface area (Å²) in [4.78, 5) is 32.7. The first-order valence-corrected chi connectivity index (χ1v) is 5.97. The van der Waals surface area contributed by atoms with Gasteiger partial charge >= 0.3 is 0 Å². The van der Waals surface area contributed by atoms with Gasteiger partial charge in [-0.05, 0) is 24.6 Å². The number of methoxy groups -OCH3 is 1. The molecule has 0 radical (unpaired) electrons. The van der Waals surface area contributed by atoms with Crippen LogP contribution in [0.15, 0.2) is 17.3 Å². The second-order valence-electron chi connectivity index (χ2n) is 4.09. The van der Waals surface area contributed by atoms with E-state index in [1.807, 2.05) is 0 Å². The van der Waals surface area contributed by atoms with Crippen LogP contribution in [0.4, 0.5) is 5.69 Å². The van der Waals surface area contributed by atoms with E-state index in [1.165, 1.54) is 26.2 Å². The summed E-state index contributed by atoms with van der Waals surface area (Å²) < 4.78 is 10.5. The molecule has 1 rings (SSSR count). The topological polar surface area (TPSA) is 108 Å². The lowest BCUT2D eigenvalue weighted by molar-refractivity contribution is -0.118. The predicted molar refractivity (Wildman–Crippen MR) is 72.4 cm³/mol. The van der Waals surface area contributed by atoms with E-state index in [0.29, 0.717) is 12.2 Å². The summed E-state index contributed by atoms with van der Waals surface area (Å²) in [7, 11) is 1.42. The highest BCUT2D eigenvalue weighted by Gasteiger charge is 2.15. The Balaban J connectivity index is 2.92. The summed E-state index contributed by atoms with van der Waals surface area (Å²) in [6, 6.07) is 2.75. The average Bonchev–Trinajstić information content (AvgIpc) is 2.42. The minimum Gasteiger partial charge on any atom is -0.493 e. The maximum Gasteiger partial charge on any atom is 0.217 e. The third-order valence-corrected chi connectivity index (χ3v) is 2.58. The third-order valence-electron chi connectivity index (χ3n) is 2.58. The molecule has 0 atom stereocenters. The van der Waals surface area contributed by atoms with E-state index in [0.717, 1.165) is 0 Å². The lowest BCUT2D eigenvalue weighted by Crippen LogP contribution is -2.12. The van der Waals surface area contributed by atoms with Gasteiger partial charge in [0.25, 0.3) is 0 Å². The average molecular weight is 280 g/mol. The molecule has 0 aliphatic rings. The molecule has 1 amide bonds. The number of Topliss-reactive ketones (excluding diaryl/α,β-unsaturated/α-hetero) is 1. The number of rotatable bonds is 8. The zero-order valence-electron chi connectivity index (χ0n) is 11.3. The van der Waals surface area contributed by atoms with E-state index < -0.39 is 5.91 Å². The number of primary amides is 1. The summed E-state index contributed by atoms with van der Waals surface area (Å²) in [6.07, 6.45) is 0.642. The van der Waals surface area contributed by atoms with Gasteiger partial charge in [-0.1, -0.05) is 0 Å². The Hall–Kier alpha value is -2.44. The fourth-order valence-corrected chi connectivity index (χ4v) is 1.61. The quantitative estimate of drug-likeness (QED) is 0.444. The summed E-state index contributed by atoms with van der Waals surface area (Å²) in [5.41, 5.74) is 5.17. The smallest absolute Gasteiger partial charge is 0.217 e. The number of carbonyl (C=O) groups excluding carboxylic acids is 2. The van der Waals surface area contributed by atoms with Crippen molar-refractivity contribution >= 4 is 17.4 Å². The minimum atomic E-state index is -0.414. The number of ether oxygens (including phenoxy) is 2. The molecule has 20 heavy (non-hydrogen) atoms. The molecule has 0 fully saturated rings. The molecule has 0 aliphatic carbocycles. The SMILES string of the molecule is COc1cc(C(C)=O)c(N=O)cc1OCCCC(N)=O. The van der Waals surface area contributed by atoms with Gasteiger partial charge in [-0.25, -0.2) is 0 Å². The predicted octanol–water partition coefficient (Wildman–Crippen LogP) is 1.94. The first-order chi connectivity index (χ1) is 9.49. The molecule has 0 saturated carbocycles. The maximum atomic E-state index is 11.4. The number of nitrogens with zero attached hydrogens (tertiary/aromatic N) is 1. The van der Waals surface area contributed by atoms with Crippen LogP contribution in [0.2, 0.25) is 0 Å². The van der Waals surface area contributed by atoms with Crippen LogP contribution < -0.4 is 15.2 Å². The van der Waals surface area contributed by atoms with Gasteiger partial charge in [0.1, 0.15) is 5.69 Å². The Labute approximate surface area is 116 Å². The van der Waals surface area contributed by atoms with Gasteiger partial charge in [-0.2, -0.15) is 0 Å². The van der Waals surface area contributed by atoms with Crippen LogP contribution in [-0.4, -0.2) is 25.4 Å². The molecule has 108 valence electrons. The number of benzene rings is 1. The van der Waals surface area contributed by atoms with Crippen LogP contribution in [0.25, 0.3) is 0 Å². The zero-order valence-corrected chi connectivity index (χ0v) is 11.3. The molecule has 0 aromatic heterocycles. The molecular weight excluding hydrogens is 264 g/mol. The van der Waals surface area contributed by atoms with Crippen LogP contribution in [0.5, 0.6) is 11.5 Å². The molecule has 1 aromatic carbocycles. The fraction of sp³-hybridized carbons (Fsp3) is 0.385. The molecule has 7 nitrogen and oxygen atoms in total. The highest BCUT2D eigenvalue weighted by atomic mass is 16.5. The number of nitroso groups, excluding NO2 is 1. The van der Waals surface area contributed by atoms with Crippen LogP contribution in [0.1, 0.15) is 30.1 Å². The summed E-state index contributed by atoms with van der Waals surface area (Å²) in [5.74, 6) is -0.0980. The number of amides is 1. The molecule has 2 N–H and O–H groups in total. The van der Waals surface area contributed by atoms with Crippen LogP contribution in [0.3, 0.4) is 0 Å². The van der Waals surface area contributed by atoms with E-state index in [4.69, 9.17) is 15.2 Å². The van der Waals surface area contributed by atoms with Gasteiger partial charge in [0.05, 0.1) is 19.3 Å². The van der Waals surface area contributed by atoms with Crippen molar-refractivity contribution < 1.29 is 19.1 Å². The van der Waals surface area contributed by atoms with E-state index in [9.17, 15) is 14.5 Å². The summed E-state index contributed by atoms with van der Waals surface area (Å²) in [5, 5.41) is 2.80. The second kappa shape index (κ2) is 7.22. The summed E-state index contributed by atoms with van der Waals surface area (Å²) >= 11 is 0. The largest absolute Gasteiger partial charge is 0.493 e. The Bertz CT molecular complexity index is 528. The zero-order chi connectivity index (χ0) is 15.1. The van der Waals surface area contributed by atoms with E-state index in [-0.39, 0.29) is 35.8 Å². The molecule has 0 unspecified atom stereocenters. The number of nitrogens with two attached hydrogens (primary N) is 1. The lowest BCUT2D eigenvalue weighted by atomic mass is 10.1. The van der Waals surface area contributed by atoms with Crippen LogP contribution in [-0.2, 0) is 4.79 Å². The molecule has 1 aromatic rings. The van der Waals surface area contributed by atoms with Gasteiger partial charge in [-0.3, -0.25) is 9.59 Å². The molecule has 7 heteroatoms. The molecule has 0 heterocycles. The van der Waals surface area contributed by atoms with E-state index >= 15 is 0 Å². The number of hydrogen-bond donors (Lipinski definition) is 1. The molecular formula is C13H16N2O5. The molecule has 0 bridgehead atoms. The highest BCUT2D eigenvalue weighted by Crippen LogP contribution is 2.35. The maximum absolute atomic E-state index is 11.4. The Morgan fingerprint density at radius 2 is 2.00 bits per heavy atom. The molecule has 0 saturated heterocycles. The number of ketones is 1. The van der Waals surface area contributed by atoms with Crippen molar-refractivity contribution in [1.82, 2.24) is 0 Å². The van der Waals surface area contributed by atoms with Crippen molar-refractivity contribution in [2.45, 2.75) is 19.8 Å². The van der Waals surface area contributed by atoms with Crippen molar-refractivity contribution in [2.75, 3.05) is 13.7 Å². The number of hydrogen-bond acceptors (Lipinski definition) is 6. The van der Waals surface area contributed by atoms with Gasteiger partial charge in [0.2, 0.25) is 5.91 Å². The van der Waals surface area contributed by atoms with Crippen LogP contribution in [0, 0.1) is 4.91 Å². The summed E-state index contributed by atoms with van der Waals surface area (Å²) in [6.45, 7) is 1.56. The van der Waals surface area contributed by atoms with Crippen molar-refractivity contribution in [3.8, 4) is 11.5 Å². The Kier molecular flexibility index (Phi) is 5.64. The Morgan fingerprint density at radius 3 is 2.50 bits per heavy atom.